The van der Waals surface area contributed by atoms with Crippen molar-refractivity contribution in [3.63, 3.8) is 0 Å². The second kappa shape index (κ2) is 9.86. The summed E-state index contributed by atoms with van der Waals surface area (Å²) in [6.45, 7) is 8.19. The number of carbonyl (C=O) groups is 1. The van der Waals surface area contributed by atoms with Gasteiger partial charge >= 0.3 is 0 Å². The van der Waals surface area contributed by atoms with Crippen molar-refractivity contribution in [1.29, 1.82) is 0 Å². The van der Waals surface area contributed by atoms with Crippen LogP contribution in [-0.4, -0.2) is 60.8 Å². The number of likely N-dealkylation sites (N-methyl/N-ethyl adjacent to an activating group) is 1. The van der Waals surface area contributed by atoms with E-state index in [-0.39, 0.29) is 28.0 Å². The Hall–Kier alpha value is -3.48. The van der Waals surface area contributed by atoms with E-state index in [2.05, 4.69) is 30.8 Å². The van der Waals surface area contributed by atoms with Gasteiger partial charge in [0.25, 0.3) is 11.5 Å². The zero-order valence-corrected chi connectivity index (χ0v) is 23.6. The van der Waals surface area contributed by atoms with Gasteiger partial charge in [-0.25, -0.2) is 9.49 Å². The summed E-state index contributed by atoms with van der Waals surface area (Å²) in [6, 6.07) is 6.35. The van der Waals surface area contributed by atoms with Crippen LogP contribution in [0.5, 0.6) is 0 Å². The third kappa shape index (κ3) is 4.73. The third-order valence-electron chi connectivity index (χ3n) is 8.15. The first-order chi connectivity index (χ1) is 19.0. The molecule has 3 atom stereocenters. The number of anilines is 3. The molecule has 4 N–H and O–H groups in total. The number of aromatic amines is 1. The van der Waals surface area contributed by atoms with Crippen LogP contribution in [0.25, 0.3) is 11.3 Å². The Kier molecular flexibility index (Phi) is 6.59. The minimum absolute atomic E-state index is 0.0512. The lowest BCUT2D eigenvalue weighted by Crippen LogP contribution is -2.30. The second-order valence-corrected chi connectivity index (χ2v) is 12.8. The number of H-pyrrole nitrogens is 1. The van der Waals surface area contributed by atoms with Crippen molar-refractivity contribution in [2.75, 3.05) is 24.2 Å². The van der Waals surface area contributed by atoms with Crippen LogP contribution in [0.4, 0.5) is 21.6 Å². The van der Waals surface area contributed by atoms with Crippen molar-refractivity contribution in [3.8, 4) is 11.3 Å². The largest absolute Gasteiger partial charge is 0.392 e. The molecule has 210 valence electrons. The third-order valence-corrected chi connectivity index (χ3v) is 9.51. The van der Waals surface area contributed by atoms with Crippen LogP contribution in [-0.2, 0) is 17.9 Å². The van der Waals surface area contributed by atoms with Crippen LogP contribution < -0.4 is 16.2 Å². The first kappa shape index (κ1) is 26.7. The molecule has 3 unspecified atom stereocenters. The van der Waals surface area contributed by atoms with Gasteiger partial charge in [-0.15, -0.1) is 11.8 Å². The van der Waals surface area contributed by atoms with Crippen molar-refractivity contribution < 1.29 is 14.3 Å². The highest BCUT2D eigenvalue weighted by atomic mass is 32.2. The van der Waals surface area contributed by atoms with Crippen molar-refractivity contribution in [1.82, 2.24) is 24.9 Å². The number of thioether (sulfide) groups is 1. The molecule has 1 aliphatic carbocycles. The SMILES string of the molecule is Cc1c(-c2cc(Nc3cc4n(n3)CCN(C)C4)c(=O)[nH]n2)ccc(F)c1NC(=O)C1=CC2C(CC(C)(C)C2O)S1. The van der Waals surface area contributed by atoms with Gasteiger partial charge in [0.15, 0.2) is 5.82 Å². The van der Waals surface area contributed by atoms with Gasteiger partial charge in [0.1, 0.15) is 11.5 Å². The molecule has 10 nitrogen and oxygen atoms in total. The fraction of sp³-hybridized carbons (Fsp3) is 0.429. The van der Waals surface area contributed by atoms with E-state index < -0.39 is 23.4 Å². The molecule has 40 heavy (non-hydrogen) atoms. The van der Waals surface area contributed by atoms with Gasteiger partial charge in [-0.1, -0.05) is 19.9 Å². The Morgan fingerprint density at radius 3 is 2.85 bits per heavy atom. The molecule has 2 aromatic heterocycles. The Balaban J connectivity index is 1.24. The summed E-state index contributed by atoms with van der Waals surface area (Å²) >= 11 is 1.44. The molecule has 0 bridgehead atoms. The van der Waals surface area contributed by atoms with E-state index in [1.165, 1.54) is 17.8 Å². The summed E-state index contributed by atoms with van der Waals surface area (Å²) < 4.78 is 16.9. The molecular weight excluding hydrogens is 533 g/mol. The van der Waals surface area contributed by atoms with E-state index in [1.807, 2.05) is 37.7 Å². The number of hydrogen-bond donors (Lipinski definition) is 4. The molecule has 1 saturated carbocycles. The zero-order valence-electron chi connectivity index (χ0n) is 22.8. The number of halogens is 1. The Labute approximate surface area is 235 Å². The lowest BCUT2D eigenvalue weighted by molar-refractivity contribution is -0.112. The summed E-state index contributed by atoms with van der Waals surface area (Å²) in [4.78, 5) is 28.4. The highest BCUT2D eigenvalue weighted by molar-refractivity contribution is 8.04. The molecule has 0 spiro atoms. The fourth-order valence-corrected chi connectivity index (χ4v) is 7.46. The van der Waals surface area contributed by atoms with Crippen LogP contribution in [0.15, 0.2) is 40.0 Å². The first-order valence-corrected chi connectivity index (χ1v) is 14.2. The molecule has 3 aromatic rings. The van der Waals surface area contributed by atoms with Crippen molar-refractivity contribution in [2.24, 2.45) is 11.3 Å². The maximum atomic E-state index is 15.0. The number of aliphatic hydroxyl groups is 1. The van der Waals surface area contributed by atoms with Gasteiger partial charge in [0.05, 0.1) is 34.6 Å². The minimum atomic E-state index is -0.573. The van der Waals surface area contributed by atoms with Crippen LogP contribution >= 0.6 is 11.8 Å². The van der Waals surface area contributed by atoms with E-state index in [9.17, 15) is 19.1 Å². The molecule has 1 amide bonds. The topological polar surface area (TPSA) is 128 Å². The fourth-order valence-electron chi connectivity index (χ4n) is 5.84. The standard InChI is InChI=1S/C28H32FN7O3S/c1-14-16(19-11-20(26(38)33-32-19)30-23-9-15-13-35(4)7-8-36(15)34-23)5-6-18(29)24(14)31-27(39)21-10-17-22(40-21)12-28(2,3)25(17)37/h5-6,9-11,17,22,25,37H,7-8,12-13H2,1-4H3,(H,31,39)(H,33,38)(H,30,32,34). The number of benzene rings is 1. The predicted octanol–water partition coefficient (Wildman–Crippen LogP) is 3.61. The maximum Gasteiger partial charge on any atom is 0.287 e. The van der Waals surface area contributed by atoms with Gasteiger partial charge in [-0.05, 0) is 49.6 Å². The van der Waals surface area contributed by atoms with Gasteiger partial charge in [-0.3, -0.25) is 19.2 Å². The summed E-state index contributed by atoms with van der Waals surface area (Å²) in [7, 11) is 2.05. The van der Waals surface area contributed by atoms with Crippen molar-refractivity contribution in [2.45, 2.75) is 51.6 Å². The number of carbonyl (C=O) groups excluding carboxylic acids is 1. The number of fused-ring (bicyclic) bond motifs is 2. The Morgan fingerprint density at radius 2 is 2.08 bits per heavy atom. The van der Waals surface area contributed by atoms with E-state index in [0.717, 1.165) is 31.7 Å². The molecule has 0 saturated heterocycles. The number of amides is 1. The first-order valence-electron chi connectivity index (χ1n) is 13.3. The molecule has 6 rings (SSSR count). The predicted molar refractivity (Wildman–Crippen MR) is 153 cm³/mol. The van der Waals surface area contributed by atoms with E-state index >= 15 is 0 Å². The highest BCUT2D eigenvalue weighted by Gasteiger charge is 2.50. The smallest absolute Gasteiger partial charge is 0.287 e. The number of rotatable bonds is 5. The molecule has 0 radical (unpaired) electrons. The number of nitrogens with zero attached hydrogens (tertiary/aromatic N) is 4. The highest BCUT2D eigenvalue weighted by Crippen LogP contribution is 2.53. The Bertz CT molecular complexity index is 1600. The van der Waals surface area contributed by atoms with Gasteiger partial charge < -0.3 is 15.7 Å². The summed E-state index contributed by atoms with van der Waals surface area (Å²) in [6.07, 6.45) is 2.08. The number of aliphatic hydroxyl groups excluding tert-OH is 1. The number of hydrogen-bond acceptors (Lipinski definition) is 8. The van der Waals surface area contributed by atoms with Crippen LogP contribution in [0.3, 0.4) is 0 Å². The minimum Gasteiger partial charge on any atom is -0.392 e. The average Bonchev–Trinajstić information content (AvgIpc) is 3.55. The van der Waals surface area contributed by atoms with Crippen LogP contribution in [0.1, 0.15) is 31.5 Å². The average molecular weight is 566 g/mol. The van der Waals surface area contributed by atoms with Gasteiger partial charge in [0.2, 0.25) is 0 Å². The lowest BCUT2D eigenvalue weighted by atomic mass is 9.87. The molecule has 2 aliphatic heterocycles. The normalized spacial score (nSPS) is 23.4. The van der Waals surface area contributed by atoms with E-state index in [0.29, 0.717) is 27.5 Å². The number of aromatic nitrogens is 4. The molecule has 3 aliphatic rings. The second-order valence-electron chi connectivity index (χ2n) is 11.6. The quantitative estimate of drug-likeness (QED) is 0.370. The zero-order chi connectivity index (χ0) is 28.3. The van der Waals surface area contributed by atoms with E-state index in [4.69, 9.17) is 0 Å². The van der Waals surface area contributed by atoms with Gasteiger partial charge in [-0.2, -0.15) is 10.2 Å². The Morgan fingerprint density at radius 1 is 1.27 bits per heavy atom. The lowest BCUT2D eigenvalue weighted by Gasteiger charge is -2.24. The molecule has 1 aromatic carbocycles. The summed E-state index contributed by atoms with van der Waals surface area (Å²) in [5.41, 5.74) is 2.18. The molecule has 4 heterocycles. The maximum absolute atomic E-state index is 15.0. The molecule has 1 fully saturated rings. The summed E-state index contributed by atoms with van der Waals surface area (Å²) in [5.74, 6) is -0.529. The van der Waals surface area contributed by atoms with Crippen LogP contribution in [0, 0.1) is 24.1 Å². The molecule has 12 heteroatoms. The monoisotopic (exact) mass is 565 g/mol. The van der Waals surface area contributed by atoms with Crippen molar-refractivity contribution >= 4 is 34.9 Å². The van der Waals surface area contributed by atoms with Crippen LogP contribution in [0.2, 0.25) is 0 Å². The summed E-state index contributed by atoms with van der Waals surface area (Å²) in [5, 5.41) is 27.9. The molecular formula is C28H32FN7O3S. The van der Waals surface area contributed by atoms with E-state index in [1.54, 1.807) is 19.1 Å². The van der Waals surface area contributed by atoms with Gasteiger partial charge in [0, 0.05) is 35.9 Å². The number of nitrogens with one attached hydrogen (secondary N) is 3. The van der Waals surface area contributed by atoms with Crippen molar-refractivity contribution in [3.05, 3.63) is 62.7 Å².